The van der Waals surface area contributed by atoms with Crippen molar-refractivity contribution in [2.75, 3.05) is 25.0 Å². The fourth-order valence-corrected chi connectivity index (χ4v) is 3.06. The molecule has 0 saturated carbocycles. The van der Waals surface area contributed by atoms with Gasteiger partial charge in [0.25, 0.3) is 0 Å². The summed E-state index contributed by atoms with van der Waals surface area (Å²) in [7, 11) is 0. The van der Waals surface area contributed by atoms with Crippen LogP contribution in [0.25, 0.3) is 0 Å². The molecule has 1 fully saturated rings. The molecule has 1 saturated heterocycles. The van der Waals surface area contributed by atoms with E-state index in [9.17, 15) is 9.18 Å². The average molecular weight is 342 g/mol. The van der Waals surface area contributed by atoms with Crippen molar-refractivity contribution in [3.63, 3.8) is 0 Å². The van der Waals surface area contributed by atoms with Gasteiger partial charge in [0.1, 0.15) is 5.82 Å². The molecule has 0 radical (unpaired) electrons. The van der Waals surface area contributed by atoms with Crippen molar-refractivity contribution in [1.82, 2.24) is 4.90 Å². The van der Waals surface area contributed by atoms with Crippen molar-refractivity contribution in [3.8, 4) is 0 Å². The summed E-state index contributed by atoms with van der Waals surface area (Å²) in [5.74, 6) is -0.112. The molecule has 4 nitrogen and oxygen atoms in total. The maximum atomic E-state index is 13.7. The van der Waals surface area contributed by atoms with E-state index in [4.69, 9.17) is 4.74 Å². The summed E-state index contributed by atoms with van der Waals surface area (Å²) in [5, 5.41) is 2.65. The first-order valence-electron chi connectivity index (χ1n) is 8.64. The molecule has 0 spiro atoms. The summed E-state index contributed by atoms with van der Waals surface area (Å²) in [6.07, 6.45) is 1.97. The van der Waals surface area contributed by atoms with E-state index in [0.29, 0.717) is 32.2 Å². The van der Waals surface area contributed by atoms with Crippen LogP contribution in [0.15, 0.2) is 54.6 Å². The van der Waals surface area contributed by atoms with Gasteiger partial charge in [-0.2, -0.15) is 0 Å². The van der Waals surface area contributed by atoms with E-state index >= 15 is 0 Å². The predicted molar refractivity (Wildman–Crippen MR) is 95.8 cm³/mol. The lowest BCUT2D eigenvalue weighted by atomic mass is 9.99. The Morgan fingerprint density at radius 2 is 1.92 bits per heavy atom. The number of halogens is 1. The third kappa shape index (κ3) is 5.03. The summed E-state index contributed by atoms with van der Waals surface area (Å²) in [4.78, 5) is 14.1. The molecule has 1 atom stereocenters. The van der Waals surface area contributed by atoms with Crippen molar-refractivity contribution in [3.05, 3.63) is 66.0 Å². The average Bonchev–Trinajstić information content (AvgIpc) is 2.65. The van der Waals surface area contributed by atoms with Crippen LogP contribution in [0.1, 0.15) is 18.4 Å². The highest BCUT2D eigenvalue weighted by molar-refractivity contribution is 5.89. The van der Waals surface area contributed by atoms with E-state index in [-0.39, 0.29) is 11.7 Å². The van der Waals surface area contributed by atoms with Crippen LogP contribution in [0.2, 0.25) is 0 Å². The molecule has 5 heteroatoms. The van der Waals surface area contributed by atoms with E-state index < -0.39 is 5.82 Å². The molecule has 0 aromatic heterocycles. The quantitative estimate of drug-likeness (QED) is 0.881. The van der Waals surface area contributed by atoms with Crippen molar-refractivity contribution in [2.45, 2.75) is 19.4 Å². The van der Waals surface area contributed by atoms with Crippen LogP contribution in [0, 0.1) is 11.7 Å². The van der Waals surface area contributed by atoms with Crippen molar-refractivity contribution in [1.29, 1.82) is 0 Å². The second-order valence-corrected chi connectivity index (χ2v) is 6.36. The van der Waals surface area contributed by atoms with Gasteiger partial charge in [0.05, 0.1) is 18.9 Å². The molecule has 0 aliphatic carbocycles. The summed E-state index contributed by atoms with van der Waals surface area (Å²) in [6, 6.07) is 16.0. The van der Waals surface area contributed by atoms with Crippen LogP contribution in [0.5, 0.6) is 0 Å². The number of carbonyl (C=O) groups excluding carboxylic acids is 1. The van der Waals surface area contributed by atoms with Crippen LogP contribution in [0.4, 0.5) is 14.9 Å². The largest absolute Gasteiger partial charge is 0.376 e. The van der Waals surface area contributed by atoms with Gasteiger partial charge in [-0.25, -0.2) is 9.18 Å². The first-order valence-corrected chi connectivity index (χ1v) is 8.64. The van der Waals surface area contributed by atoms with Gasteiger partial charge in [-0.1, -0.05) is 42.5 Å². The topological polar surface area (TPSA) is 41.6 Å². The Hall–Kier alpha value is -2.40. The summed E-state index contributed by atoms with van der Waals surface area (Å²) >= 11 is 0. The van der Waals surface area contributed by atoms with Gasteiger partial charge < -0.3 is 15.0 Å². The van der Waals surface area contributed by atoms with Crippen LogP contribution in [-0.2, 0) is 11.3 Å². The second-order valence-electron chi connectivity index (χ2n) is 6.36. The highest BCUT2D eigenvalue weighted by atomic mass is 19.1. The highest BCUT2D eigenvalue weighted by Gasteiger charge is 2.24. The predicted octanol–water partition coefficient (Wildman–Crippen LogP) is 4.29. The van der Waals surface area contributed by atoms with Gasteiger partial charge in [0.15, 0.2) is 0 Å². The molecule has 0 bridgehead atoms. The molecular formula is C20H23FN2O2. The zero-order valence-electron chi connectivity index (χ0n) is 14.2. The maximum absolute atomic E-state index is 13.7. The molecule has 1 heterocycles. The van der Waals surface area contributed by atoms with Crippen molar-refractivity contribution in [2.24, 2.45) is 5.92 Å². The number of hydrogen-bond donors (Lipinski definition) is 1. The Kier molecular flexibility index (Phi) is 6.01. The number of benzene rings is 2. The Balaban J connectivity index is 1.47. The standard InChI is InChI=1S/C20H23FN2O2/c21-18-10-4-5-11-19(18)22-20(24)23-12-6-9-17(13-23)15-25-14-16-7-2-1-3-8-16/h1-5,7-8,10-11,17H,6,9,12-15H2,(H,22,24). The number of hydrogen-bond acceptors (Lipinski definition) is 2. The molecule has 3 rings (SSSR count). The van der Waals surface area contributed by atoms with Gasteiger partial charge in [0, 0.05) is 19.0 Å². The second kappa shape index (κ2) is 8.62. The zero-order valence-corrected chi connectivity index (χ0v) is 14.2. The van der Waals surface area contributed by atoms with E-state index in [1.165, 1.54) is 6.07 Å². The minimum Gasteiger partial charge on any atom is -0.376 e. The van der Waals surface area contributed by atoms with Crippen LogP contribution in [-0.4, -0.2) is 30.6 Å². The van der Waals surface area contributed by atoms with E-state index in [1.54, 1.807) is 23.1 Å². The molecule has 132 valence electrons. The van der Waals surface area contributed by atoms with Crippen molar-refractivity contribution < 1.29 is 13.9 Å². The molecule has 1 aliphatic rings. The van der Waals surface area contributed by atoms with E-state index in [2.05, 4.69) is 5.32 Å². The Bertz CT molecular complexity index is 693. The first-order chi connectivity index (χ1) is 12.2. The normalized spacial score (nSPS) is 17.3. The Labute approximate surface area is 147 Å². The number of amides is 2. The summed E-state index contributed by atoms with van der Waals surface area (Å²) in [6.45, 7) is 2.53. The zero-order chi connectivity index (χ0) is 17.5. The third-order valence-electron chi connectivity index (χ3n) is 4.39. The highest BCUT2D eigenvalue weighted by Crippen LogP contribution is 2.19. The third-order valence-corrected chi connectivity index (χ3v) is 4.39. The van der Waals surface area contributed by atoms with E-state index in [0.717, 1.165) is 18.4 Å². The van der Waals surface area contributed by atoms with Gasteiger partial charge in [-0.05, 0) is 30.5 Å². The molecule has 1 aliphatic heterocycles. The minimum atomic E-state index is -0.421. The number of likely N-dealkylation sites (tertiary alicyclic amines) is 1. The number of rotatable bonds is 5. The van der Waals surface area contributed by atoms with Crippen LogP contribution >= 0.6 is 0 Å². The minimum absolute atomic E-state index is 0.218. The number of carbonyl (C=O) groups is 1. The summed E-state index contributed by atoms with van der Waals surface area (Å²) in [5.41, 5.74) is 1.36. The Morgan fingerprint density at radius 1 is 1.16 bits per heavy atom. The van der Waals surface area contributed by atoms with Crippen LogP contribution < -0.4 is 5.32 Å². The number of ether oxygens (including phenoxy) is 1. The molecule has 2 aromatic carbocycles. The lowest BCUT2D eigenvalue weighted by Gasteiger charge is -2.32. The van der Waals surface area contributed by atoms with Gasteiger partial charge in [-0.3, -0.25) is 0 Å². The molecule has 2 aromatic rings. The number of nitrogens with zero attached hydrogens (tertiary/aromatic N) is 1. The number of anilines is 1. The van der Waals surface area contributed by atoms with Gasteiger partial charge >= 0.3 is 6.03 Å². The number of para-hydroxylation sites is 1. The molecule has 2 amide bonds. The van der Waals surface area contributed by atoms with Gasteiger partial charge in [-0.15, -0.1) is 0 Å². The maximum Gasteiger partial charge on any atom is 0.321 e. The molecule has 1 N–H and O–H groups in total. The summed E-state index contributed by atoms with van der Waals surface area (Å²) < 4.78 is 19.5. The fraction of sp³-hybridized carbons (Fsp3) is 0.350. The smallest absolute Gasteiger partial charge is 0.321 e. The van der Waals surface area contributed by atoms with E-state index in [1.807, 2.05) is 30.3 Å². The van der Waals surface area contributed by atoms with Crippen LogP contribution in [0.3, 0.4) is 0 Å². The first kappa shape index (κ1) is 17.4. The monoisotopic (exact) mass is 342 g/mol. The number of urea groups is 1. The molecule has 1 unspecified atom stereocenters. The molecule has 25 heavy (non-hydrogen) atoms. The lowest BCUT2D eigenvalue weighted by molar-refractivity contribution is 0.0606. The lowest BCUT2D eigenvalue weighted by Crippen LogP contribution is -2.43. The number of nitrogens with one attached hydrogen (secondary N) is 1. The number of piperidine rings is 1. The van der Waals surface area contributed by atoms with Crippen molar-refractivity contribution >= 4 is 11.7 Å². The SMILES string of the molecule is O=C(Nc1ccccc1F)N1CCCC(COCc2ccccc2)C1. The molecular weight excluding hydrogens is 319 g/mol. The Morgan fingerprint density at radius 3 is 2.72 bits per heavy atom. The fourth-order valence-electron chi connectivity index (χ4n) is 3.06. The van der Waals surface area contributed by atoms with Gasteiger partial charge in [0.2, 0.25) is 0 Å².